The minimum atomic E-state index is -1.46. The molecule has 1 rings (SSSR count). The lowest BCUT2D eigenvalue weighted by molar-refractivity contribution is 0.0686. The summed E-state index contributed by atoms with van der Waals surface area (Å²) in [7, 11) is 0. The van der Waals surface area contributed by atoms with Crippen LogP contribution in [-0.4, -0.2) is 26.2 Å². The molecule has 6 nitrogen and oxygen atoms in total. The molecule has 0 aliphatic rings. The molecule has 0 atom stereocenters. The third-order valence-electron chi connectivity index (χ3n) is 2.92. The van der Waals surface area contributed by atoms with Gasteiger partial charge in [-0.15, -0.1) is 0 Å². The molecule has 0 fully saturated rings. The van der Waals surface area contributed by atoms with Crippen LogP contribution in [0, 0.1) is 0 Å². The third-order valence-corrected chi connectivity index (χ3v) is 2.92. The number of aromatic amines is 1. The summed E-state index contributed by atoms with van der Waals surface area (Å²) >= 11 is 0. The number of hydrogen-bond acceptors (Lipinski definition) is 4. The quantitative estimate of drug-likeness (QED) is 0.726. The van der Waals surface area contributed by atoms with E-state index in [2.05, 4.69) is 9.97 Å². The zero-order chi connectivity index (χ0) is 16.9. The minimum Gasteiger partial charge on any atom is -0.501 e. The fraction of sp³-hybridized carbons (Fsp3) is 0.312. The van der Waals surface area contributed by atoms with Crippen molar-refractivity contribution in [2.24, 2.45) is 0 Å². The molecule has 3 N–H and O–H groups in total. The van der Waals surface area contributed by atoms with E-state index in [1.165, 1.54) is 0 Å². The van der Waals surface area contributed by atoms with Crippen molar-refractivity contribution in [3.63, 3.8) is 0 Å². The average molecular weight is 304 g/mol. The number of allylic oxidation sites excluding steroid dienone is 6. The number of nitrogens with zero attached hydrogens (tertiary/aromatic N) is 1. The number of rotatable bonds is 5. The molecule has 1 heterocycles. The molecule has 0 spiro atoms. The number of aromatic carboxylic acids is 1. The number of aromatic hydroxyl groups is 1. The predicted octanol–water partition coefficient (Wildman–Crippen LogP) is 2.88. The van der Waals surface area contributed by atoms with Gasteiger partial charge in [-0.05, 0) is 27.2 Å². The summed E-state index contributed by atoms with van der Waals surface area (Å²) in [5.74, 6) is -2.25. The second-order valence-corrected chi connectivity index (χ2v) is 5.13. The molecule has 0 bridgehead atoms. The van der Waals surface area contributed by atoms with E-state index in [9.17, 15) is 14.7 Å². The summed E-state index contributed by atoms with van der Waals surface area (Å²) in [4.78, 5) is 29.0. The van der Waals surface area contributed by atoms with E-state index in [0.29, 0.717) is 5.57 Å². The van der Waals surface area contributed by atoms with Gasteiger partial charge in [0.1, 0.15) is 5.82 Å². The zero-order valence-corrected chi connectivity index (χ0v) is 13.1. The second kappa shape index (κ2) is 7.40. The molecule has 0 aromatic carbocycles. The molecule has 1 aromatic heterocycles. The maximum atomic E-state index is 11.7. The van der Waals surface area contributed by atoms with Crippen molar-refractivity contribution in [2.75, 3.05) is 0 Å². The van der Waals surface area contributed by atoms with E-state index in [1.807, 2.05) is 33.8 Å². The lowest BCUT2D eigenvalue weighted by atomic mass is 10.1. The Morgan fingerprint density at radius 2 is 1.91 bits per heavy atom. The molecule has 0 unspecified atom stereocenters. The van der Waals surface area contributed by atoms with Crippen molar-refractivity contribution >= 4 is 11.5 Å². The standard InChI is InChI=1S/C16H20N2O4/c1-5-10(4)6-7-11(8-9(2)3)14-17-12(16(21)22)13(19)15(20)18-14/h6-8,19H,5H2,1-4H3,(H,21,22)(H,17,18,20)/b10-6?,11-7+. The smallest absolute Gasteiger partial charge is 0.358 e. The van der Waals surface area contributed by atoms with Gasteiger partial charge in [-0.1, -0.05) is 36.3 Å². The van der Waals surface area contributed by atoms with E-state index in [4.69, 9.17) is 5.11 Å². The van der Waals surface area contributed by atoms with E-state index < -0.39 is 23.0 Å². The van der Waals surface area contributed by atoms with Crippen LogP contribution in [0.1, 0.15) is 50.4 Å². The number of H-pyrrole nitrogens is 1. The predicted molar refractivity (Wildman–Crippen MR) is 84.9 cm³/mol. The van der Waals surface area contributed by atoms with Crippen molar-refractivity contribution in [2.45, 2.75) is 34.1 Å². The van der Waals surface area contributed by atoms with Crippen molar-refractivity contribution in [1.29, 1.82) is 0 Å². The Morgan fingerprint density at radius 3 is 2.41 bits per heavy atom. The van der Waals surface area contributed by atoms with Crippen LogP contribution in [0.4, 0.5) is 0 Å². The number of carboxylic acid groups (broad SMARTS) is 1. The molecule has 118 valence electrons. The lowest BCUT2D eigenvalue weighted by Crippen LogP contribution is -2.16. The SMILES string of the molecule is CCC(C)=C/C=C(\C=C(C)C)c1nc(C(=O)O)c(O)c(=O)[nH]1. The monoisotopic (exact) mass is 304 g/mol. The van der Waals surface area contributed by atoms with Gasteiger partial charge in [0.25, 0.3) is 5.56 Å². The second-order valence-electron chi connectivity index (χ2n) is 5.13. The summed E-state index contributed by atoms with van der Waals surface area (Å²) in [6, 6.07) is 0. The van der Waals surface area contributed by atoms with Crippen LogP contribution in [0.15, 0.2) is 34.2 Å². The normalized spacial score (nSPS) is 12.2. The zero-order valence-electron chi connectivity index (χ0n) is 13.1. The maximum absolute atomic E-state index is 11.7. The van der Waals surface area contributed by atoms with E-state index in [0.717, 1.165) is 17.6 Å². The average Bonchev–Trinajstić information content (AvgIpc) is 2.45. The van der Waals surface area contributed by atoms with Crippen LogP contribution < -0.4 is 5.56 Å². The summed E-state index contributed by atoms with van der Waals surface area (Å²) in [6.07, 6.45) is 6.29. The van der Waals surface area contributed by atoms with Gasteiger partial charge in [0.05, 0.1) is 0 Å². The van der Waals surface area contributed by atoms with Crippen LogP contribution in [0.3, 0.4) is 0 Å². The topological polar surface area (TPSA) is 103 Å². The first-order valence-corrected chi connectivity index (χ1v) is 6.85. The first-order valence-electron chi connectivity index (χ1n) is 6.85. The van der Waals surface area contributed by atoms with Gasteiger partial charge in [-0.25, -0.2) is 9.78 Å². The van der Waals surface area contributed by atoms with Gasteiger partial charge in [0.15, 0.2) is 5.69 Å². The number of carbonyl (C=O) groups is 1. The molecule has 0 saturated heterocycles. The third kappa shape index (κ3) is 4.44. The molecule has 0 saturated carbocycles. The minimum absolute atomic E-state index is 0.0987. The highest BCUT2D eigenvalue weighted by molar-refractivity contribution is 5.88. The number of hydrogen-bond donors (Lipinski definition) is 3. The molecular formula is C16H20N2O4. The summed E-state index contributed by atoms with van der Waals surface area (Å²) in [5, 5.41) is 18.5. The van der Waals surface area contributed by atoms with Gasteiger partial charge < -0.3 is 15.2 Å². The first-order chi connectivity index (χ1) is 10.3. The number of nitrogens with one attached hydrogen (secondary N) is 1. The van der Waals surface area contributed by atoms with Crippen LogP contribution >= 0.6 is 0 Å². The Hall–Kier alpha value is -2.63. The highest BCUT2D eigenvalue weighted by Crippen LogP contribution is 2.17. The first kappa shape index (κ1) is 17.4. The Balaban J connectivity index is 3.54. The van der Waals surface area contributed by atoms with Gasteiger partial charge in [0, 0.05) is 5.57 Å². The molecule has 0 amide bonds. The Labute approximate surface area is 128 Å². The summed E-state index contributed by atoms with van der Waals surface area (Å²) in [5.41, 5.74) is 1.10. The number of aromatic nitrogens is 2. The summed E-state index contributed by atoms with van der Waals surface area (Å²) < 4.78 is 0. The van der Waals surface area contributed by atoms with Crippen molar-refractivity contribution in [3.8, 4) is 5.75 Å². The Bertz CT molecular complexity index is 720. The van der Waals surface area contributed by atoms with Gasteiger partial charge in [0.2, 0.25) is 5.75 Å². The Kier molecular flexibility index (Phi) is 5.86. The molecule has 6 heteroatoms. The molecule has 0 aliphatic carbocycles. The van der Waals surface area contributed by atoms with Crippen molar-refractivity contribution in [3.05, 3.63) is 51.2 Å². The largest absolute Gasteiger partial charge is 0.501 e. The van der Waals surface area contributed by atoms with Crippen molar-refractivity contribution < 1.29 is 15.0 Å². The van der Waals surface area contributed by atoms with Crippen LogP contribution in [-0.2, 0) is 0 Å². The molecule has 22 heavy (non-hydrogen) atoms. The van der Waals surface area contributed by atoms with Crippen LogP contribution in [0.5, 0.6) is 5.75 Å². The van der Waals surface area contributed by atoms with Crippen molar-refractivity contribution in [1.82, 2.24) is 9.97 Å². The molecule has 1 aromatic rings. The number of carboxylic acids is 1. The van der Waals surface area contributed by atoms with Gasteiger partial charge in [-0.2, -0.15) is 0 Å². The highest BCUT2D eigenvalue weighted by atomic mass is 16.4. The van der Waals surface area contributed by atoms with E-state index in [1.54, 1.807) is 12.2 Å². The van der Waals surface area contributed by atoms with E-state index in [-0.39, 0.29) is 5.82 Å². The van der Waals surface area contributed by atoms with Gasteiger partial charge in [-0.3, -0.25) is 4.79 Å². The van der Waals surface area contributed by atoms with E-state index >= 15 is 0 Å². The lowest BCUT2D eigenvalue weighted by Gasteiger charge is -2.05. The van der Waals surface area contributed by atoms with Crippen LogP contribution in [0.2, 0.25) is 0 Å². The fourth-order valence-corrected chi connectivity index (χ4v) is 1.61. The highest BCUT2D eigenvalue weighted by Gasteiger charge is 2.17. The Morgan fingerprint density at radius 1 is 1.27 bits per heavy atom. The summed E-state index contributed by atoms with van der Waals surface area (Å²) in [6.45, 7) is 7.73. The fourth-order valence-electron chi connectivity index (χ4n) is 1.61. The molecular weight excluding hydrogens is 284 g/mol. The maximum Gasteiger partial charge on any atom is 0.358 e. The molecule has 0 radical (unpaired) electrons. The van der Waals surface area contributed by atoms with Gasteiger partial charge >= 0.3 is 5.97 Å². The molecule has 0 aliphatic heterocycles. The van der Waals surface area contributed by atoms with Crippen LogP contribution in [0.25, 0.3) is 5.57 Å².